The number of hydrogen-bond donors (Lipinski definition) is 1. The molecule has 0 spiro atoms. The number of aromatic nitrogens is 2. The highest BCUT2D eigenvalue weighted by molar-refractivity contribution is 9.10. The summed E-state index contributed by atoms with van der Waals surface area (Å²) in [6.45, 7) is 2.05. The minimum Gasteiger partial charge on any atom is -0.495 e. The lowest BCUT2D eigenvalue weighted by Crippen LogP contribution is -2.19. The van der Waals surface area contributed by atoms with E-state index in [1.165, 1.54) is 0 Å². The maximum Gasteiger partial charge on any atom is 0.141 e. The van der Waals surface area contributed by atoms with Gasteiger partial charge in [-0.3, -0.25) is 4.68 Å². The van der Waals surface area contributed by atoms with E-state index in [0.29, 0.717) is 0 Å². The number of methoxy groups -OCH3 is 2. The fraction of sp³-hybridized carbons (Fsp3) is 0.400. The first-order valence-corrected chi connectivity index (χ1v) is 7.40. The van der Waals surface area contributed by atoms with E-state index in [4.69, 9.17) is 9.47 Å². The molecule has 0 saturated heterocycles. The van der Waals surface area contributed by atoms with Crippen LogP contribution in [0.1, 0.15) is 22.9 Å². The van der Waals surface area contributed by atoms with Crippen LogP contribution in [0.5, 0.6) is 11.5 Å². The molecular formula is C15H20BrN3O2. The molecule has 1 heterocycles. The summed E-state index contributed by atoms with van der Waals surface area (Å²) in [4.78, 5) is 0. The third kappa shape index (κ3) is 2.78. The zero-order valence-electron chi connectivity index (χ0n) is 12.9. The smallest absolute Gasteiger partial charge is 0.141 e. The van der Waals surface area contributed by atoms with Gasteiger partial charge in [-0.05, 0) is 42.0 Å². The van der Waals surface area contributed by atoms with Crippen molar-refractivity contribution in [2.75, 3.05) is 21.3 Å². The standard InChI is InChI=1S/C15H20BrN3O2/c1-9-11(8-18-19(9)3)14(17-2)10-6-7-12(20-4)13(16)15(10)21-5/h6-8,14,17H,1-5H3. The summed E-state index contributed by atoms with van der Waals surface area (Å²) in [6, 6.07) is 3.93. The van der Waals surface area contributed by atoms with E-state index in [9.17, 15) is 0 Å². The van der Waals surface area contributed by atoms with Crippen molar-refractivity contribution >= 4 is 15.9 Å². The van der Waals surface area contributed by atoms with E-state index in [1.807, 2.05) is 37.1 Å². The van der Waals surface area contributed by atoms with Crippen molar-refractivity contribution in [3.63, 3.8) is 0 Å². The Morgan fingerprint density at radius 2 is 1.95 bits per heavy atom. The SMILES string of the molecule is CNC(c1ccc(OC)c(Br)c1OC)c1cnn(C)c1C. The molecule has 0 saturated carbocycles. The van der Waals surface area contributed by atoms with Crippen molar-refractivity contribution in [1.82, 2.24) is 15.1 Å². The van der Waals surface area contributed by atoms with E-state index in [2.05, 4.69) is 33.3 Å². The van der Waals surface area contributed by atoms with Crippen molar-refractivity contribution in [2.24, 2.45) is 7.05 Å². The van der Waals surface area contributed by atoms with Crippen LogP contribution in [0.15, 0.2) is 22.8 Å². The van der Waals surface area contributed by atoms with Crippen LogP contribution in [0.4, 0.5) is 0 Å². The van der Waals surface area contributed by atoms with Crippen LogP contribution >= 0.6 is 15.9 Å². The highest BCUT2D eigenvalue weighted by Crippen LogP contribution is 2.41. The summed E-state index contributed by atoms with van der Waals surface area (Å²) in [5.74, 6) is 1.50. The topological polar surface area (TPSA) is 48.3 Å². The van der Waals surface area contributed by atoms with Crippen LogP contribution in [0, 0.1) is 6.92 Å². The zero-order chi connectivity index (χ0) is 15.6. The van der Waals surface area contributed by atoms with Crippen molar-refractivity contribution in [3.05, 3.63) is 39.6 Å². The Hall–Kier alpha value is -1.53. The zero-order valence-corrected chi connectivity index (χ0v) is 14.5. The van der Waals surface area contributed by atoms with Crippen LogP contribution in [0.2, 0.25) is 0 Å². The number of aryl methyl sites for hydroxylation is 1. The molecule has 1 atom stereocenters. The Bertz CT molecular complexity index is 640. The van der Waals surface area contributed by atoms with Crippen LogP contribution in [-0.4, -0.2) is 31.0 Å². The number of benzene rings is 1. The van der Waals surface area contributed by atoms with Gasteiger partial charge in [-0.25, -0.2) is 0 Å². The van der Waals surface area contributed by atoms with Gasteiger partial charge < -0.3 is 14.8 Å². The fourth-order valence-corrected chi connectivity index (χ4v) is 3.11. The summed E-state index contributed by atoms with van der Waals surface area (Å²) in [7, 11) is 7.16. The minimum atomic E-state index is -0.00384. The average molecular weight is 354 g/mol. The Kier molecular flexibility index (Phi) is 4.90. The first-order valence-electron chi connectivity index (χ1n) is 6.61. The molecule has 21 heavy (non-hydrogen) atoms. The second-order valence-electron chi connectivity index (χ2n) is 4.73. The first-order chi connectivity index (χ1) is 10.0. The Morgan fingerprint density at radius 1 is 1.24 bits per heavy atom. The molecule has 1 N–H and O–H groups in total. The molecule has 1 aromatic heterocycles. The van der Waals surface area contributed by atoms with Crippen LogP contribution < -0.4 is 14.8 Å². The van der Waals surface area contributed by atoms with E-state index in [1.54, 1.807) is 14.2 Å². The second kappa shape index (κ2) is 6.49. The van der Waals surface area contributed by atoms with Crippen molar-refractivity contribution in [2.45, 2.75) is 13.0 Å². The van der Waals surface area contributed by atoms with Crippen molar-refractivity contribution in [3.8, 4) is 11.5 Å². The summed E-state index contributed by atoms with van der Waals surface area (Å²) < 4.78 is 13.6. The van der Waals surface area contributed by atoms with Gasteiger partial charge in [0.2, 0.25) is 0 Å². The third-order valence-corrected chi connectivity index (χ3v) is 4.45. The largest absolute Gasteiger partial charge is 0.495 e. The minimum absolute atomic E-state index is 0.00384. The number of rotatable bonds is 5. The number of hydrogen-bond acceptors (Lipinski definition) is 4. The predicted molar refractivity (Wildman–Crippen MR) is 86.1 cm³/mol. The molecule has 2 aromatic rings. The quantitative estimate of drug-likeness (QED) is 0.897. The molecule has 2 rings (SSSR count). The van der Waals surface area contributed by atoms with Crippen LogP contribution in [0.3, 0.4) is 0 Å². The van der Waals surface area contributed by atoms with Gasteiger partial charge in [-0.2, -0.15) is 5.10 Å². The highest BCUT2D eigenvalue weighted by Gasteiger charge is 2.23. The Balaban J connectivity index is 2.57. The lowest BCUT2D eigenvalue weighted by molar-refractivity contribution is 0.383. The second-order valence-corrected chi connectivity index (χ2v) is 5.53. The van der Waals surface area contributed by atoms with E-state index < -0.39 is 0 Å². The van der Waals surface area contributed by atoms with Gasteiger partial charge in [0.25, 0.3) is 0 Å². The summed E-state index contributed by atoms with van der Waals surface area (Å²) in [6.07, 6.45) is 1.88. The molecule has 0 aliphatic rings. The molecule has 0 radical (unpaired) electrons. The predicted octanol–water partition coefficient (Wildman–Crippen LogP) is 2.82. The maximum absolute atomic E-state index is 5.58. The van der Waals surface area contributed by atoms with Crippen LogP contribution in [0.25, 0.3) is 0 Å². The molecule has 0 fully saturated rings. The Morgan fingerprint density at radius 3 is 2.43 bits per heavy atom. The van der Waals surface area contributed by atoms with Gasteiger partial charge in [0.1, 0.15) is 16.0 Å². The van der Waals surface area contributed by atoms with Gasteiger partial charge in [-0.15, -0.1) is 0 Å². The van der Waals surface area contributed by atoms with Gasteiger partial charge in [-0.1, -0.05) is 0 Å². The monoisotopic (exact) mass is 353 g/mol. The lowest BCUT2D eigenvalue weighted by Gasteiger charge is -2.21. The molecule has 1 aromatic carbocycles. The molecule has 0 aliphatic carbocycles. The fourth-order valence-electron chi connectivity index (χ4n) is 2.42. The summed E-state index contributed by atoms with van der Waals surface area (Å²) in [5.41, 5.74) is 3.27. The normalized spacial score (nSPS) is 12.3. The van der Waals surface area contributed by atoms with Gasteiger partial charge in [0.15, 0.2) is 0 Å². The molecular weight excluding hydrogens is 334 g/mol. The summed E-state index contributed by atoms with van der Waals surface area (Å²) in [5, 5.41) is 7.65. The highest BCUT2D eigenvalue weighted by atomic mass is 79.9. The lowest BCUT2D eigenvalue weighted by atomic mass is 9.98. The van der Waals surface area contributed by atoms with Crippen molar-refractivity contribution < 1.29 is 9.47 Å². The molecule has 1 unspecified atom stereocenters. The molecule has 0 bridgehead atoms. The summed E-state index contributed by atoms with van der Waals surface area (Å²) >= 11 is 3.55. The number of ether oxygens (including phenoxy) is 2. The Labute approximate surface area is 133 Å². The maximum atomic E-state index is 5.58. The number of halogens is 1. The average Bonchev–Trinajstić information content (AvgIpc) is 2.81. The van der Waals surface area contributed by atoms with E-state index >= 15 is 0 Å². The van der Waals surface area contributed by atoms with Crippen LogP contribution in [-0.2, 0) is 7.05 Å². The van der Waals surface area contributed by atoms with E-state index in [0.717, 1.165) is 32.8 Å². The number of nitrogens with one attached hydrogen (secondary N) is 1. The number of nitrogens with zero attached hydrogens (tertiary/aromatic N) is 2. The van der Waals surface area contributed by atoms with Gasteiger partial charge in [0.05, 0.1) is 26.5 Å². The molecule has 6 heteroatoms. The molecule has 114 valence electrons. The van der Waals surface area contributed by atoms with E-state index in [-0.39, 0.29) is 6.04 Å². The van der Waals surface area contributed by atoms with Crippen molar-refractivity contribution in [1.29, 1.82) is 0 Å². The molecule has 5 nitrogen and oxygen atoms in total. The molecule has 0 aliphatic heterocycles. The van der Waals surface area contributed by atoms with Gasteiger partial charge in [0, 0.05) is 23.9 Å². The first kappa shape index (κ1) is 15.9. The van der Waals surface area contributed by atoms with Gasteiger partial charge >= 0.3 is 0 Å². The third-order valence-electron chi connectivity index (χ3n) is 3.70. The molecule has 0 amide bonds.